The summed E-state index contributed by atoms with van der Waals surface area (Å²) in [6.45, 7) is 7.55. The van der Waals surface area contributed by atoms with Gasteiger partial charge in [0.1, 0.15) is 11.2 Å². The van der Waals surface area contributed by atoms with E-state index in [1.807, 2.05) is 27.7 Å². The number of aromatic nitrogens is 2. The molecule has 4 aromatic heterocycles. The van der Waals surface area contributed by atoms with Crippen LogP contribution in [0, 0.1) is 0 Å². The second-order valence-electron chi connectivity index (χ2n) is 15.9. The van der Waals surface area contributed by atoms with Gasteiger partial charge in [0.15, 0.2) is 0 Å². The summed E-state index contributed by atoms with van der Waals surface area (Å²) in [5, 5.41) is -7.11. The third kappa shape index (κ3) is 6.02. The summed E-state index contributed by atoms with van der Waals surface area (Å²) in [6.07, 6.45) is 2.80. The third-order valence-corrected chi connectivity index (χ3v) is 11.7. The lowest BCUT2D eigenvalue weighted by atomic mass is 9.25. The van der Waals surface area contributed by atoms with E-state index in [4.69, 9.17) is 80.9 Å². The fourth-order valence-electron chi connectivity index (χ4n) is 7.13. The predicted octanol–water partition coefficient (Wildman–Crippen LogP) is 2.65. The lowest BCUT2D eigenvalue weighted by molar-refractivity contribution is 0.00578. The van der Waals surface area contributed by atoms with E-state index in [-0.39, 0.29) is 33.0 Å². The summed E-state index contributed by atoms with van der Waals surface area (Å²) in [4.78, 5) is 35.4. The first kappa shape index (κ1) is 39.2. The number of nitrogens with zero attached hydrogens (tertiary/aromatic N) is 2. The third-order valence-electron chi connectivity index (χ3n) is 11.7. The Balaban J connectivity index is 1.27. The number of hydrogen-bond donors (Lipinski definition) is 0. The smallest absolute Gasteiger partial charge is 0.422 e. The standard InChI is InChI=1S/C40H27B9N2O6/c1-35(2)36(3,4)57-49(56-35)24-14-20(37(41,42)39(45,46)22-16-27-31(50-18-22)25-9-5-7-11-29(25)54-33(27)52)13-21(15-24)38(43,44)40(47,48)23-17-28-32(51-19-23)26-10-6-8-12-30(26)55-34(28)53/h5-19H,1-4H3. The molecule has 1 aliphatic heterocycles. The van der Waals surface area contributed by atoms with Gasteiger partial charge in [-0.05, 0) is 80.7 Å². The molecule has 3 aromatic carbocycles. The number of para-hydroxylation sites is 2. The Bertz CT molecular complexity index is 2720. The van der Waals surface area contributed by atoms with E-state index in [0.717, 1.165) is 0 Å². The molecule has 1 fully saturated rings. The average Bonchev–Trinajstić information content (AvgIpc) is 3.39. The lowest BCUT2D eigenvalue weighted by Crippen LogP contribution is -2.54. The Morgan fingerprint density at radius 2 is 0.877 bits per heavy atom. The highest BCUT2D eigenvalue weighted by molar-refractivity contribution is 6.63. The quantitative estimate of drug-likeness (QED) is 0.140. The van der Waals surface area contributed by atoms with E-state index in [1.54, 1.807) is 60.7 Å². The summed E-state index contributed by atoms with van der Waals surface area (Å²) in [5.74, 6) is 0. The van der Waals surface area contributed by atoms with Gasteiger partial charge in [-0.15, -0.1) is 0 Å². The highest BCUT2D eigenvalue weighted by Gasteiger charge is 2.52. The van der Waals surface area contributed by atoms with Crippen LogP contribution in [0.5, 0.6) is 0 Å². The molecule has 1 saturated heterocycles. The molecule has 5 heterocycles. The number of rotatable bonds is 7. The zero-order chi connectivity index (χ0) is 41.1. The first-order valence-corrected chi connectivity index (χ1v) is 18.0. The molecule has 8 rings (SSSR count). The first-order chi connectivity index (χ1) is 26.6. The zero-order valence-corrected chi connectivity index (χ0v) is 31.7. The van der Waals surface area contributed by atoms with Crippen molar-refractivity contribution in [2.24, 2.45) is 0 Å². The van der Waals surface area contributed by atoms with Crippen LogP contribution in [0.4, 0.5) is 0 Å². The van der Waals surface area contributed by atoms with Crippen molar-refractivity contribution in [2.45, 2.75) is 59.8 Å². The second kappa shape index (κ2) is 13.0. The Morgan fingerprint density at radius 1 is 0.509 bits per heavy atom. The van der Waals surface area contributed by atoms with Crippen molar-refractivity contribution in [2.75, 3.05) is 0 Å². The van der Waals surface area contributed by atoms with Crippen LogP contribution in [0.1, 0.15) is 49.9 Å². The van der Waals surface area contributed by atoms with E-state index in [2.05, 4.69) is 9.97 Å². The lowest BCUT2D eigenvalue weighted by Gasteiger charge is -2.48. The molecular weight excluding hydrogens is 702 g/mol. The van der Waals surface area contributed by atoms with Crippen LogP contribution in [0.25, 0.3) is 43.7 Å². The van der Waals surface area contributed by atoms with Gasteiger partial charge in [0.2, 0.25) is 0 Å². The molecule has 7 aromatic rings. The SMILES string of the molecule is [B]C([B])(c1cc(B2OC(C)(C)C(C)(C)O2)cc(C([B])([B])C([B])([B])c2cnc3c(c2)c(=O)oc2ccccc23)c1)C([B])([B])c1cnc2c(c1)c(=O)oc1ccccc12. The minimum absolute atomic E-state index is 0.109. The van der Waals surface area contributed by atoms with Crippen molar-refractivity contribution in [3.05, 3.63) is 134 Å². The fourth-order valence-corrected chi connectivity index (χ4v) is 7.13. The highest BCUT2D eigenvalue weighted by atomic mass is 16.7. The van der Waals surface area contributed by atoms with Crippen molar-refractivity contribution in [3.63, 3.8) is 0 Å². The number of fused-ring (bicyclic) bond motifs is 6. The minimum atomic E-state index is -2.15. The van der Waals surface area contributed by atoms with Gasteiger partial charge in [0.25, 0.3) is 0 Å². The maximum Gasteiger partial charge on any atom is 0.494 e. The van der Waals surface area contributed by atoms with Crippen molar-refractivity contribution < 1.29 is 18.1 Å². The van der Waals surface area contributed by atoms with Gasteiger partial charge in [-0.25, -0.2) is 9.59 Å². The molecule has 0 saturated carbocycles. The molecule has 17 heteroatoms. The van der Waals surface area contributed by atoms with Crippen LogP contribution in [0.15, 0.2) is 110 Å². The average molecular weight is 729 g/mol. The molecule has 0 N–H and O–H groups in total. The van der Waals surface area contributed by atoms with Crippen LogP contribution in [0.2, 0.25) is 0 Å². The maximum absolute atomic E-state index is 13.1. The normalized spacial score (nSPS) is 16.2. The number of pyridine rings is 2. The Labute approximate surface area is 340 Å². The molecule has 0 spiro atoms. The van der Waals surface area contributed by atoms with Crippen LogP contribution in [-0.2, 0) is 30.2 Å². The van der Waals surface area contributed by atoms with Crippen molar-refractivity contribution >= 4 is 119 Å². The van der Waals surface area contributed by atoms with Gasteiger partial charge < -0.3 is 18.1 Å². The Kier molecular flexibility index (Phi) is 8.92. The number of hydrogen-bond acceptors (Lipinski definition) is 8. The molecule has 0 unspecified atom stereocenters. The van der Waals surface area contributed by atoms with Gasteiger partial charge in [-0.1, -0.05) is 74.4 Å². The van der Waals surface area contributed by atoms with E-state index in [0.29, 0.717) is 38.4 Å². The molecule has 0 aliphatic carbocycles. The summed E-state index contributed by atoms with van der Waals surface area (Å²) < 4.78 is 23.9. The second-order valence-corrected chi connectivity index (χ2v) is 15.9. The summed E-state index contributed by atoms with van der Waals surface area (Å²) in [7, 11) is 54.4. The Morgan fingerprint density at radius 3 is 1.28 bits per heavy atom. The predicted molar refractivity (Wildman–Crippen MR) is 230 cm³/mol. The first-order valence-electron chi connectivity index (χ1n) is 18.0. The zero-order valence-electron chi connectivity index (χ0n) is 31.7. The molecule has 0 bridgehead atoms. The van der Waals surface area contributed by atoms with E-state index >= 15 is 0 Å². The molecule has 1 aliphatic rings. The molecule has 0 amide bonds. The van der Waals surface area contributed by atoms with E-state index < -0.39 is 50.4 Å². The topological polar surface area (TPSA) is 105 Å². The van der Waals surface area contributed by atoms with Crippen molar-refractivity contribution in [1.82, 2.24) is 9.97 Å². The summed E-state index contributed by atoms with van der Waals surface area (Å²) in [6, 6.07) is 21.5. The largest absolute Gasteiger partial charge is 0.494 e. The Hall–Kier alpha value is -4.60. The van der Waals surface area contributed by atoms with Crippen molar-refractivity contribution in [1.29, 1.82) is 0 Å². The van der Waals surface area contributed by atoms with Gasteiger partial charge >= 0.3 is 18.4 Å². The molecule has 57 heavy (non-hydrogen) atoms. The van der Waals surface area contributed by atoms with Gasteiger partial charge in [0.05, 0.1) is 95.8 Å². The van der Waals surface area contributed by atoms with Crippen LogP contribution >= 0.6 is 0 Å². The monoisotopic (exact) mass is 730 g/mol. The van der Waals surface area contributed by atoms with Gasteiger partial charge in [-0.3, -0.25) is 9.97 Å². The van der Waals surface area contributed by atoms with Crippen LogP contribution < -0.4 is 16.7 Å². The molecule has 16 radical (unpaired) electrons. The van der Waals surface area contributed by atoms with E-state index in [1.165, 1.54) is 30.6 Å². The number of benzene rings is 3. The highest BCUT2D eigenvalue weighted by Crippen LogP contribution is 2.42. The minimum Gasteiger partial charge on any atom is -0.422 e. The summed E-state index contributed by atoms with van der Waals surface area (Å²) in [5.41, 5.74) is -0.564. The fraction of sp³-hybridized carbons (Fsp3) is 0.250. The summed E-state index contributed by atoms with van der Waals surface area (Å²) >= 11 is 0. The maximum atomic E-state index is 13.1. The van der Waals surface area contributed by atoms with E-state index in [9.17, 15) is 9.59 Å². The van der Waals surface area contributed by atoms with Crippen LogP contribution in [0.3, 0.4) is 0 Å². The molecule has 260 valence electrons. The van der Waals surface area contributed by atoms with Crippen molar-refractivity contribution in [3.8, 4) is 0 Å². The molecular formula is C40H27B9N2O6. The van der Waals surface area contributed by atoms with Gasteiger partial charge in [0, 0.05) is 23.2 Å². The molecule has 0 atom stereocenters. The van der Waals surface area contributed by atoms with Crippen LogP contribution in [-0.4, -0.2) is 91.1 Å². The molecule has 8 nitrogen and oxygen atoms in total. The van der Waals surface area contributed by atoms with Gasteiger partial charge in [-0.2, -0.15) is 0 Å².